The quantitative estimate of drug-likeness (QED) is 0.0349. The molecule has 0 bridgehead atoms. The van der Waals surface area contributed by atoms with Gasteiger partial charge < -0.3 is 33.5 Å². The van der Waals surface area contributed by atoms with Crippen LogP contribution in [0.15, 0.2) is 36.4 Å². The second-order valence-corrected chi connectivity index (χ2v) is 16.7. The van der Waals surface area contributed by atoms with Gasteiger partial charge in [-0.25, -0.2) is 14.4 Å². The Morgan fingerprint density at radius 2 is 1.32 bits per heavy atom. The van der Waals surface area contributed by atoms with E-state index in [0.717, 1.165) is 0 Å². The first-order chi connectivity index (χ1) is 27.7. The Bertz CT molecular complexity index is 1650. The van der Waals surface area contributed by atoms with Crippen LogP contribution in [0, 0.1) is 16.7 Å². The van der Waals surface area contributed by atoms with Crippen molar-refractivity contribution >= 4 is 76.9 Å². The van der Waals surface area contributed by atoms with Gasteiger partial charge in [0.05, 0.1) is 48.0 Å². The van der Waals surface area contributed by atoms with E-state index in [1.165, 1.54) is 61.8 Å². The zero-order valence-electron chi connectivity index (χ0n) is 34.6. The van der Waals surface area contributed by atoms with Crippen molar-refractivity contribution < 1.29 is 76.7 Å². The number of benzene rings is 1. The number of methoxy groups -OCH3 is 1. The number of ketones is 2. The van der Waals surface area contributed by atoms with Crippen molar-refractivity contribution in [3.63, 3.8) is 0 Å². The van der Waals surface area contributed by atoms with Crippen LogP contribution in [0.4, 0.5) is 0 Å². The minimum Gasteiger partial charge on any atom is -0.478 e. The van der Waals surface area contributed by atoms with E-state index in [-0.39, 0.29) is 106 Å². The number of Topliss-reactive ketones (excluding diaryl/α,β-unsaturated/α-hetero) is 2. The van der Waals surface area contributed by atoms with E-state index in [4.69, 9.17) is 28.4 Å². The van der Waals surface area contributed by atoms with Crippen LogP contribution >= 0.6 is 23.5 Å². The first-order valence-electron chi connectivity index (χ1n) is 18.8. The molecule has 1 rings (SSSR count). The van der Waals surface area contributed by atoms with Crippen molar-refractivity contribution in [2.45, 2.75) is 73.1 Å². The fraction of sp³-hybridized carbons (Fsp3) is 0.585. The number of hydrogen-bond acceptors (Lipinski definition) is 17. The molecular weight excluding hydrogens is 813 g/mol. The molecule has 2 atom stereocenters. The predicted octanol–water partition coefficient (Wildman–Crippen LogP) is 5.08. The molecule has 0 saturated heterocycles. The molecular formula is C41H56O16S2. The summed E-state index contributed by atoms with van der Waals surface area (Å²) in [6.07, 6.45) is 0.292. The molecule has 0 aromatic heterocycles. The van der Waals surface area contributed by atoms with Crippen LogP contribution < -0.4 is 0 Å². The van der Waals surface area contributed by atoms with Crippen LogP contribution in [0.25, 0.3) is 0 Å². The Morgan fingerprint density at radius 1 is 0.746 bits per heavy atom. The van der Waals surface area contributed by atoms with Gasteiger partial charge in [0, 0.05) is 47.8 Å². The molecule has 0 heterocycles. The summed E-state index contributed by atoms with van der Waals surface area (Å²) in [5.41, 5.74) is -2.31. The maximum absolute atomic E-state index is 12.9. The average Bonchev–Trinajstić information content (AvgIpc) is 3.18. The van der Waals surface area contributed by atoms with Crippen molar-refractivity contribution in [2.24, 2.45) is 16.7 Å². The summed E-state index contributed by atoms with van der Waals surface area (Å²) in [7, 11) is 1.24. The van der Waals surface area contributed by atoms with Crippen molar-refractivity contribution in [1.29, 1.82) is 0 Å². The van der Waals surface area contributed by atoms with Gasteiger partial charge in [0.1, 0.15) is 38.0 Å². The maximum Gasteiger partial charge on any atom is 0.339 e. The van der Waals surface area contributed by atoms with Crippen LogP contribution in [0.2, 0.25) is 0 Å². The summed E-state index contributed by atoms with van der Waals surface area (Å²) in [5, 5.41) is 9.21. The summed E-state index contributed by atoms with van der Waals surface area (Å²) in [6.45, 7) is 10.7. The third kappa shape index (κ3) is 20.7. The Labute approximate surface area is 353 Å². The number of rotatable bonds is 30. The van der Waals surface area contributed by atoms with Crippen LogP contribution in [0.5, 0.6) is 0 Å². The van der Waals surface area contributed by atoms with Crippen molar-refractivity contribution in [1.82, 2.24) is 0 Å². The Kier molecular flexibility index (Phi) is 24.0. The van der Waals surface area contributed by atoms with Gasteiger partial charge in [0.25, 0.3) is 0 Å². The largest absolute Gasteiger partial charge is 0.478 e. The molecule has 328 valence electrons. The van der Waals surface area contributed by atoms with Crippen LogP contribution in [0.1, 0.15) is 93.9 Å². The molecule has 0 aliphatic rings. The molecule has 1 aromatic carbocycles. The van der Waals surface area contributed by atoms with Gasteiger partial charge in [-0.05, 0) is 52.7 Å². The lowest BCUT2D eigenvalue weighted by atomic mass is 9.75. The minimum atomic E-state index is -1.27. The van der Waals surface area contributed by atoms with Gasteiger partial charge in [0.2, 0.25) is 0 Å². The highest BCUT2D eigenvalue weighted by Crippen LogP contribution is 2.38. The smallest absolute Gasteiger partial charge is 0.339 e. The molecule has 0 aliphatic carbocycles. The van der Waals surface area contributed by atoms with Gasteiger partial charge in [-0.3, -0.25) is 28.8 Å². The number of ether oxygens (including phenoxy) is 6. The SMILES string of the molecule is C=C(C)C(=O)OCCCC(=O)OCCOC(=O)C(C)(C)CC(C)(CSCCC(=O)CC(=O)CCSCC(C)C(=O)OCCOC(=O)c1ccccc1C(=O)O)C(=O)OC. The summed E-state index contributed by atoms with van der Waals surface area (Å²) in [6, 6.07) is 5.58. The van der Waals surface area contributed by atoms with Crippen molar-refractivity contribution in [3.8, 4) is 0 Å². The van der Waals surface area contributed by atoms with Gasteiger partial charge in [-0.1, -0.05) is 25.6 Å². The molecule has 0 amide bonds. The number of aromatic carboxylic acids is 1. The van der Waals surface area contributed by atoms with Crippen molar-refractivity contribution in [2.75, 3.05) is 63.2 Å². The lowest BCUT2D eigenvalue weighted by molar-refractivity contribution is -0.163. The monoisotopic (exact) mass is 868 g/mol. The third-order valence-electron chi connectivity index (χ3n) is 8.32. The summed E-state index contributed by atoms with van der Waals surface area (Å²) < 4.78 is 30.5. The number of carbonyl (C=O) groups is 9. The van der Waals surface area contributed by atoms with Crippen LogP contribution in [0.3, 0.4) is 0 Å². The van der Waals surface area contributed by atoms with E-state index >= 15 is 0 Å². The second kappa shape index (κ2) is 27.1. The van der Waals surface area contributed by atoms with E-state index in [1.807, 2.05) is 0 Å². The topological polar surface area (TPSA) is 229 Å². The van der Waals surface area contributed by atoms with E-state index in [9.17, 15) is 48.3 Å². The van der Waals surface area contributed by atoms with E-state index in [0.29, 0.717) is 17.3 Å². The molecule has 0 fully saturated rings. The molecule has 0 radical (unpaired) electrons. The molecule has 2 unspecified atom stereocenters. The van der Waals surface area contributed by atoms with E-state index in [1.54, 1.807) is 27.7 Å². The van der Waals surface area contributed by atoms with Gasteiger partial charge in [-0.2, -0.15) is 23.5 Å². The molecule has 18 heteroatoms. The highest BCUT2D eigenvalue weighted by molar-refractivity contribution is 7.99. The first-order valence-corrected chi connectivity index (χ1v) is 21.1. The average molecular weight is 869 g/mol. The van der Waals surface area contributed by atoms with Gasteiger partial charge in [-0.15, -0.1) is 0 Å². The lowest BCUT2D eigenvalue weighted by Crippen LogP contribution is -2.40. The molecule has 0 spiro atoms. The van der Waals surface area contributed by atoms with Gasteiger partial charge in [0.15, 0.2) is 0 Å². The highest BCUT2D eigenvalue weighted by Gasteiger charge is 2.43. The molecule has 1 N–H and O–H groups in total. The fourth-order valence-corrected chi connectivity index (χ4v) is 7.49. The van der Waals surface area contributed by atoms with E-state index < -0.39 is 58.5 Å². The lowest BCUT2D eigenvalue weighted by Gasteiger charge is -2.33. The second-order valence-electron chi connectivity index (χ2n) is 14.4. The highest BCUT2D eigenvalue weighted by atomic mass is 32.2. The Balaban J connectivity index is 2.35. The number of carboxylic acid groups (broad SMARTS) is 1. The number of carbonyl (C=O) groups excluding carboxylic acids is 8. The summed E-state index contributed by atoms with van der Waals surface area (Å²) in [4.78, 5) is 110. The normalized spacial score (nSPS) is 12.5. The third-order valence-corrected chi connectivity index (χ3v) is 10.9. The number of hydrogen-bond donors (Lipinski definition) is 1. The van der Waals surface area contributed by atoms with Crippen LogP contribution in [-0.4, -0.2) is 122 Å². The number of esters is 6. The molecule has 59 heavy (non-hydrogen) atoms. The van der Waals surface area contributed by atoms with Crippen LogP contribution in [-0.2, 0) is 62.0 Å². The predicted molar refractivity (Wildman–Crippen MR) is 218 cm³/mol. The summed E-state index contributed by atoms with van der Waals surface area (Å²) >= 11 is 2.66. The van der Waals surface area contributed by atoms with Gasteiger partial charge >= 0.3 is 41.8 Å². The zero-order valence-corrected chi connectivity index (χ0v) is 36.2. The Morgan fingerprint density at radius 3 is 1.93 bits per heavy atom. The molecule has 0 saturated carbocycles. The molecule has 0 aliphatic heterocycles. The Hall–Kier alpha value is -4.71. The first kappa shape index (κ1) is 52.3. The fourth-order valence-electron chi connectivity index (χ4n) is 5.28. The number of thioether (sulfide) groups is 2. The summed E-state index contributed by atoms with van der Waals surface area (Å²) in [5.74, 6) is -4.64. The zero-order chi connectivity index (χ0) is 44.6. The molecule has 1 aromatic rings. The maximum atomic E-state index is 12.9. The molecule has 16 nitrogen and oxygen atoms in total. The van der Waals surface area contributed by atoms with Crippen molar-refractivity contribution in [3.05, 3.63) is 47.5 Å². The standard InChI is InChI=1S/C41H56O16S2/c1-27(2)35(47)54-16-10-13-33(44)53-17-20-57-38(50)40(4,5)25-41(6,39(51)52-7)26-59-22-15-30(43)23-29(42)14-21-58-24-28(3)36(48)55-18-19-56-37(49)32-12-9-8-11-31(32)34(45)46/h8-9,11-12,28H,1,10,13-26H2,2-7H3,(H,45,46). The minimum absolute atomic E-state index is 0.00496. The number of carboxylic acids is 1. The van der Waals surface area contributed by atoms with E-state index in [2.05, 4.69) is 6.58 Å².